The van der Waals surface area contributed by atoms with E-state index in [1.165, 1.54) is 0 Å². The zero-order valence-electron chi connectivity index (χ0n) is 20.6. The molecular formula is C27H24O12. The van der Waals surface area contributed by atoms with Crippen LogP contribution < -0.4 is 0 Å². The van der Waals surface area contributed by atoms with E-state index in [0.29, 0.717) is 12.8 Å². The highest BCUT2D eigenvalue weighted by Crippen LogP contribution is 2.51. The fourth-order valence-electron chi connectivity index (χ4n) is 5.39. The van der Waals surface area contributed by atoms with E-state index in [-0.39, 0.29) is 49.3 Å². The van der Waals surface area contributed by atoms with Crippen molar-refractivity contribution in [1.29, 1.82) is 0 Å². The average molecular weight is 540 g/mol. The Hall–Kier alpha value is -4.16. The molecule has 12 nitrogen and oxygen atoms in total. The Kier molecular flexibility index (Phi) is 6.91. The van der Waals surface area contributed by atoms with E-state index in [2.05, 4.69) is 25.2 Å². The van der Waals surface area contributed by atoms with E-state index in [1.54, 1.807) is 12.5 Å². The van der Waals surface area contributed by atoms with Gasteiger partial charge in [0, 0.05) is 5.57 Å². The fraction of sp³-hybridized carbons (Fsp3) is 0.407. The Balaban J connectivity index is 0.000000112. The molecule has 1 aromatic heterocycles. The highest BCUT2D eigenvalue weighted by atomic mass is 16.6. The van der Waals surface area contributed by atoms with Gasteiger partial charge in [-0.3, -0.25) is 24.0 Å². The number of carbonyl (C=O) groups is 6. The molecule has 6 atom stereocenters. The fourth-order valence-corrected chi connectivity index (χ4v) is 5.39. The predicted octanol–water partition coefficient (Wildman–Crippen LogP) is 1.64. The van der Waals surface area contributed by atoms with E-state index in [4.69, 9.17) is 9.47 Å². The van der Waals surface area contributed by atoms with Gasteiger partial charge in [0.05, 0.1) is 56.2 Å². The standard InChI is InChI=1S/2C9H8O4.C5H4O3.C4H4O/c2*10-7-4-9(8(11)13-7)3-5-1-2-6(9)12-5;1-3-2-4(6)8-5(3)7;1-2-4-5-3-1/h2*1-2,5-6H,3-4H2;1-2H2;1-4H. The maximum Gasteiger partial charge on any atom is 0.341 e. The Morgan fingerprint density at radius 3 is 1.36 bits per heavy atom. The SMILES string of the molecule is C=C1CC(=O)OC1=O.O=C1CC2(CC3C=CC2O3)C(=O)O1.O=C1CC2(CC3C=CC2O3)C(=O)O1.c1ccoc1. The molecule has 6 unspecified atom stereocenters. The van der Waals surface area contributed by atoms with Crippen LogP contribution >= 0.6 is 0 Å². The molecule has 8 heterocycles. The molecule has 8 rings (SSSR count). The minimum Gasteiger partial charge on any atom is -0.473 e. The summed E-state index contributed by atoms with van der Waals surface area (Å²) in [6.07, 6.45) is 12.0. The van der Waals surface area contributed by atoms with Crippen molar-refractivity contribution in [2.45, 2.75) is 56.5 Å². The van der Waals surface area contributed by atoms with Crippen molar-refractivity contribution in [3.63, 3.8) is 0 Å². The molecule has 0 radical (unpaired) electrons. The van der Waals surface area contributed by atoms with Crippen molar-refractivity contribution >= 4 is 35.8 Å². The van der Waals surface area contributed by atoms with E-state index >= 15 is 0 Å². The van der Waals surface area contributed by atoms with Gasteiger partial charge < -0.3 is 28.1 Å². The van der Waals surface area contributed by atoms with Crippen molar-refractivity contribution < 1.29 is 56.9 Å². The van der Waals surface area contributed by atoms with Crippen LogP contribution in [0.25, 0.3) is 0 Å². The quantitative estimate of drug-likeness (QED) is 0.154. The van der Waals surface area contributed by atoms with Crippen molar-refractivity contribution in [2.75, 3.05) is 0 Å². The summed E-state index contributed by atoms with van der Waals surface area (Å²) < 4.78 is 28.7. The average Bonchev–Trinajstić information content (AvgIpc) is 3.72. The Labute approximate surface area is 221 Å². The minimum atomic E-state index is -0.684. The molecular weight excluding hydrogens is 516 g/mol. The topological polar surface area (TPSA) is 162 Å². The number of rotatable bonds is 0. The minimum absolute atomic E-state index is 0.00319. The largest absolute Gasteiger partial charge is 0.473 e. The molecule has 0 aliphatic carbocycles. The molecule has 4 bridgehead atoms. The van der Waals surface area contributed by atoms with Crippen molar-refractivity contribution in [3.8, 4) is 0 Å². The highest BCUT2D eigenvalue weighted by Gasteiger charge is 2.62. The maximum atomic E-state index is 11.4. The molecule has 5 fully saturated rings. The van der Waals surface area contributed by atoms with Gasteiger partial charge in [0.1, 0.15) is 10.8 Å². The van der Waals surface area contributed by atoms with Crippen LogP contribution in [0.2, 0.25) is 0 Å². The monoisotopic (exact) mass is 540 g/mol. The molecule has 7 aliphatic rings. The number of cyclic esters (lactones) is 6. The first-order chi connectivity index (χ1) is 18.6. The molecule has 0 aromatic carbocycles. The van der Waals surface area contributed by atoms with E-state index < -0.39 is 46.6 Å². The van der Waals surface area contributed by atoms with Gasteiger partial charge in [0.15, 0.2) is 0 Å². The van der Waals surface area contributed by atoms with Gasteiger partial charge in [-0.25, -0.2) is 4.79 Å². The zero-order chi connectivity index (χ0) is 27.8. The van der Waals surface area contributed by atoms with Crippen LogP contribution in [0.1, 0.15) is 32.1 Å². The number of hydrogen-bond donors (Lipinski definition) is 0. The number of carbonyl (C=O) groups excluding carboxylic acids is 6. The van der Waals surface area contributed by atoms with Crippen LogP contribution in [0.3, 0.4) is 0 Å². The third kappa shape index (κ3) is 5.00. The van der Waals surface area contributed by atoms with Gasteiger partial charge in [-0.1, -0.05) is 30.9 Å². The summed E-state index contributed by atoms with van der Waals surface area (Å²) in [4.78, 5) is 65.2. The smallest absolute Gasteiger partial charge is 0.341 e. The summed E-state index contributed by atoms with van der Waals surface area (Å²) in [6.45, 7) is 3.29. The number of hydrogen-bond acceptors (Lipinski definition) is 12. The summed E-state index contributed by atoms with van der Waals surface area (Å²) in [5.74, 6) is -2.75. The second-order valence-corrected chi connectivity index (χ2v) is 9.89. The summed E-state index contributed by atoms with van der Waals surface area (Å²) >= 11 is 0. The number of ether oxygens (including phenoxy) is 5. The number of fused-ring (bicyclic) bond motifs is 6. The lowest BCUT2D eigenvalue weighted by molar-refractivity contribution is -0.157. The van der Waals surface area contributed by atoms with Gasteiger partial charge >= 0.3 is 35.8 Å². The Morgan fingerprint density at radius 2 is 1.15 bits per heavy atom. The first-order valence-electron chi connectivity index (χ1n) is 12.2. The van der Waals surface area contributed by atoms with E-state index in [0.717, 1.165) is 0 Å². The first kappa shape index (κ1) is 26.4. The molecule has 0 N–H and O–H groups in total. The maximum absolute atomic E-state index is 11.4. The lowest BCUT2D eigenvalue weighted by atomic mass is 9.76. The summed E-state index contributed by atoms with van der Waals surface area (Å²) in [6, 6.07) is 3.67. The lowest BCUT2D eigenvalue weighted by Gasteiger charge is -2.21. The van der Waals surface area contributed by atoms with Gasteiger partial charge in [-0.05, 0) is 25.0 Å². The van der Waals surface area contributed by atoms with Gasteiger partial charge in [0.25, 0.3) is 0 Å². The molecule has 12 heteroatoms. The van der Waals surface area contributed by atoms with Crippen LogP contribution in [0, 0.1) is 10.8 Å². The first-order valence-corrected chi connectivity index (χ1v) is 12.2. The predicted molar refractivity (Wildman–Crippen MR) is 125 cm³/mol. The molecule has 1 aromatic rings. The number of esters is 6. The van der Waals surface area contributed by atoms with Gasteiger partial charge in [0.2, 0.25) is 0 Å². The second kappa shape index (κ2) is 10.2. The normalized spacial score (nSPS) is 35.9. The van der Waals surface area contributed by atoms with Crippen LogP contribution in [-0.4, -0.2) is 60.2 Å². The number of furan rings is 1. The van der Waals surface area contributed by atoms with Crippen LogP contribution in [0.5, 0.6) is 0 Å². The zero-order valence-corrected chi connectivity index (χ0v) is 20.6. The summed E-state index contributed by atoms with van der Waals surface area (Å²) in [5.41, 5.74) is -1.12. The Morgan fingerprint density at radius 1 is 0.667 bits per heavy atom. The molecule has 0 amide bonds. The van der Waals surface area contributed by atoms with Crippen LogP contribution in [0.4, 0.5) is 0 Å². The molecule has 0 saturated carbocycles. The molecule has 2 spiro atoms. The third-order valence-corrected chi connectivity index (χ3v) is 7.29. The summed E-state index contributed by atoms with van der Waals surface area (Å²) in [7, 11) is 0. The van der Waals surface area contributed by atoms with Crippen LogP contribution in [0.15, 0.2) is 65.5 Å². The van der Waals surface area contributed by atoms with Crippen molar-refractivity contribution in [3.05, 3.63) is 61.1 Å². The van der Waals surface area contributed by atoms with Crippen molar-refractivity contribution in [2.24, 2.45) is 10.8 Å². The molecule has 5 saturated heterocycles. The third-order valence-electron chi connectivity index (χ3n) is 7.29. The lowest BCUT2D eigenvalue weighted by Crippen LogP contribution is -2.34. The second-order valence-electron chi connectivity index (χ2n) is 9.89. The molecule has 7 aliphatic heterocycles. The van der Waals surface area contributed by atoms with E-state index in [9.17, 15) is 28.8 Å². The Bertz CT molecular complexity index is 1190. The van der Waals surface area contributed by atoms with Crippen molar-refractivity contribution in [1.82, 2.24) is 0 Å². The highest BCUT2D eigenvalue weighted by molar-refractivity contribution is 6.05. The van der Waals surface area contributed by atoms with Crippen LogP contribution in [-0.2, 0) is 52.5 Å². The molecule has 204 valence electrons. The van der Waals surface area contributed by atoms with Gasteiger partial charge in [-0.2, -0.15) is 0 Å². The summed E-state index contributed by atoms with van der Waals surface area (Å²) in [5, 5.41) is 0. The van der Waals surface area contributed by atoms with Gasteiger partial charge in [-0.15, -0.1) is 0 Å². The molecule has 39 heavy (non-hydrogen) atoms. The van der Waals surface area contributed by atoms with E-state index in [1.807, 2.05) is 36.4 Å².